The second-order valence-corrected chi connectivity index (χ2v) is 10.8. The molecule has 0 atom stereocenters. The van der Waals surface area contributed by atoms with Crippen LogP contribution in [-0.2, 0) is 19.6 Å². The summed E-state index contributed by atoms with van der Waals surface area (Å²) < 4.78 is 59.0. The summed E-state index contributed by atoms with van der Waals surface area (Å²) in [7, 11) is -3.80. The summed E-state index contributed by atoms with van der Waals surface area (Å²) in [5.74, 6) is -1.91. The normalized spacial score (nSPS) is 20.7. The van der Waals surface area contributed by atoms with E-state index in [0.717, 1.165) is 38.2 Å². The number of hydrogen-bond acceptors (Lipinski definition) is 8. The molecule has 0 radical (unpaired) electrons. The minimum atomic E-state index is -3.80. The second-order valence-electron chi connectivity index (χ2n) is 9.07. The van der Waals surface area contributed by atoms with Gasteiger partial charge in [0.25, 0.3) is 6.43 Å². The monoisotopic (exact) mass is 512 g/mol. The van der Waals surface area contributed by atoms with Crippen LogP contribution in [0.1, 0.15) is 74.0 Å². The van der Waals surface area contributed by atoms with Gasteiger partial charge >= 0.3 is 5.97 Å². The van der Waals surface area contributed by atoms with Gasteiger partial charge < -0.3 is 9.64 Å². The first kappa shape index (κ1) is 26.8. The van der Waals surface area contributed by atoms with Crippen LogP contribution in [0.3, 0.4) is 0 Å². The van der Waals surface area contributed by atoms with E-state index in [9.17, 15) is 32.0 Å². The van der Waals surface area contributed by atoms with Gasteiger partial charge in [-0.2, -0.15) is 5.26 Å². The van der Waals surface area contributed by atoms with Gasteiger partial charge in [0, 0.05) is 13.1 Å². The Kier molecular flexibility index (Phi) is 8.64. The minimum absolute atomic E-state index is 0.00602. The molecule has 1 N–H and O–H groups in total. The average molecular weight is 513 g/mol. The third-order valence-electron chi connectivity index (χ3n) is 6.66. The van der Waals surface area contributed by atoms with Gasteiger partial charge in [-0.25, -0.2) is 27.0 Å². The second kappa shape index (κ2) is 11.3. The van der Waals surface area contributed by atoms with Crippen LogP contribution in [0.15, 0.2) is 6.07 Å². The number of rotatable bonds is 9. The summed E-state index contributed by atoms with van der Waals surface area (Å²) in [6, 6.07) is 2.84. The van der Waals surface area contributed by atoms with E-state index in [1.165, 1.54) is 11.8 Å². The maximum absolute atomic E-state index is 13.6. The van der Waals surface area contributed by atoms with E-state index in [1.807, 2.05) is 6.07 Å². The third-order valence-corrected chi connectivity index (χ3v) is 8.08. The molecular formula is C23H30F2N4O5S. The highest BCUT2D eigenvalue weighted by atomic mass is 32.2. The molecular weight excluding hydrogens is 482 g/mol. The SMILES string of the molecule is CCOC(=O)c1cc(C#N)c(N2CC(C(=O)NS(=O)(=O)CC3CCC(CC)CC3)C2)nc1C(F)F. The fraction of sp³-hybridized carbons (Fsp3) is 0.652. The molecule has 192 valence electrons. The maximum atomic E-state index is 13.6. The van der Waals surface area contributed by atoms with Crippen molar-refractivity contribution in [2.45, 2.75) is 52.4 Å². The fourth-order valence-corrected chi connectivity index (χ4v) is 6.10. The van der Waals surface area contributed by atoms with Gasteiger partial charge in [-0.1, -0.05) is 26.2 Å². The van der Waals surface area contributed by atoms with E-state index >= 15 is 0 Å². The number of alkyl halides is 2. The molecule has 0 bridgehead atoms. The molecule has 1 aromatic rings. The summed E-state index contributed by atoms with van der Waals surface area (Å²) in [6.45, 7) is 3.63. The molecule has 12 heteroatoms. The Morgan fingerprint density at radius 2 is 1.86 bits per heavy atom. The number of anilines is 1. The van der Waals surface area contributed by atoms with Crippen molar-refractivity contribution in [3.05, 3.63) is 22.9 Å². The van der Waals surface area contributed by atoms with E-state index in [1.54, 1.807) is 0 Å². The molecule has 35 heavy (non-hydrogen) atoms. The van der Waals surface area contributed by atoms with E-state index in [2.05, 4.69) is 16.6 Å². The predicted octanol–water partition coefficient (Wildman–Crippen LogP) is 3.17. The Balaban J connectivity index is 1.63. The Labute approximate surface area is 203 Å². The standard InChI is InChI=1S/C23H30F2N4O5S/c1-3-14-5-7-15(8-6-14)13-35(32,33)28-22(30)17-11-29(12-17)21-16(10-26)9-18(23(31)34-4-2)19(27-21)20(24)25/h9,14-15,17,20H,3-8,11-13H2,1-2H3,(H,28,30). The Morgan fingerprint density at radius 1 is 1.23 bits per heavy atom. The van der Waals surface area contributed by atoms with Crippen molar-refractivity contribution in [2.24, 2.45) is 17.8 Å². The third kappa shape index (κ3) is 6.45. The number of nitriles is 1. The first-order chi connectivity index (χ1) is 16.6. The summed E-state index contributed by atoms with van der Waals surface area (Å²) in [6.07, 6.45) is 1.63. The minimum Gasteiger partial charge on any atom is -0.462 e. The number of esters is 1. The number of ether oxygens (including phenoxy) is 1. The lowest BCUT2D eigenvalue weighted by Gasteiger charge is -2.39. The maximum Gasteiger partial charge on any atom is 0.340 e. The Hall–Kier alpha value is -2.81. The fourth-order valence-electron chi connectivity index (χ4n) is 4.59. The molecule has 0 unspecified atom stereocenters. The molecule has 0 aromatic carbocycles. The van der Waals surface area contributed by atoms with E-state index in [-0.39, 0.29) is 42.7 Å². The molecule has 2 aliphatic rings. The molecule has 1 aliphatic carbocycles. The zero-order valence-corrected chi connectivity index (χ0v) is 20.6. The van der Waals surface area contributed by atoms with Crippen LogP contribution in [0, 0.1) is 29.1 Å². The van der Waals surface area contributed by atoms with Gasteiger partial charge in [0.1, 0.15) is 17.6 Å². The van der Waals surface area contributed by atoms with Crippen LogP contribution in [0.2, 0.25) is 0 Å². The van der Waals surface area contributed by atoms with Crippen LogP contribution in [0.5, 0.6) is 0 Å². The summed E-state index contributed by atoms with van der Waals surface area (Å²) >= 11 is 0. The quantitative estimate of drug-likeness (QED) is 0.500. The zero-order valence-electron chi connectivity index (χ0n) is 19.8. The van der Waals surface area contributed by atoms with Crippen molar-refractivity contribution < 1.29 is 31.5 Å². The molecule has 1 aromatic heterocycles. The molecule has 1 aliphatic heterocycles. The first-order valence-corrected chi connectivity index (χ1v) is 13.4. The van der Waals surface area contributed by atoms with Gasteiger partial charge in [-0.05, 0) is 37.7 Å². The van der Waals surface area contributed by atoms with Crippen molar-refractivity contribution in [1.82, 2.24) is 9.71 Å². The molecule has 3 rings (SSSR count). The summed E-state index contributed by atoms with van der Waals surface area (Å²) in [5.41, 5.74) is -1.42. The van der Waals surface area contributed by atoms with Crippen LogP contribution < -0.4 is 9.62 Å². The molecule has 1 saturated heterocycles. The highest BCUT2D eigenvalue weighted by Gasteiger charge is 2.38. The lowest BCUT2D eigenvalue weighted by molar-refractivity contribution is -0.123. The lowest BCUT2D eigenvalue weighted by Crippen LogP contribution is -2.55. The van der Waals surface area contributed by atoms with Crippen LogP contribution in [0.4, 0.5) is 14.6 Å². The van der Waals surface area contributed by atoms with Crippen molar-refractivity contribution >= 4 is 27.7 Å². The highest BCUT2D eigenvalue weighted by molar-refractivity contribution is 7.90. The smallest absolute Gasteiger partial charge is 0.340 e. The van der Waals surface area contributed by atoms with Gasteiger partial charge in [0.05, 0.1) is 29.4 Å². The van der Waals surface area contributed by atoms with Crippen LogP contribution >= 0.6 is 0 Å². The number of aromatic nitrogens is 1. The number of sulfonamides is 1. The van der Waals surface area contributed by atoms with Gasteiger partial charge in [-0.15, -0.1) is 0 Å². The number of nitrogens with zero attached hydrogens (tertiary/aromatic N) is 3. The van der Waals surface area contributed by atoms with Crippen molar-refractivity contribution in [1.29, 1.82) is 5.26 Å². The van der Waals surface area contributed by atoms with Crippen molar-refractivity contribution in [3.63, 3.8) is 0 Å². The molecule has 2 fully saturated rings. The van der Waals surface area contributed by atoms with E-state index in [4.69, 9.17) is 4.74 Å². The van der Waals surface area contributed by atoms with E-state index in [0.29, 0.717) is 5.92 Å². The van der Waals surface area contributed by atoms with Gasteiger partial charge in [-0.3, -0.25) is 9.52 Å². The molecule has 9 nitrogen and oxygen atoms in total. The van der Waals surface area contributed by atoms with Crippen LogP contribution in [-0.4, -0.2) is 50.7 Å². The number of hydrogen-bond donors (Lipinski definition) is 1. The Morgan fingerprint density at radius 3 is 2.40 bits per heavy atom. The van der Waals surface area contributed by atoms with Gasteiger partial charge in [0.2, 0.25) is 15.9 Å². The van der Waals surface area contributed by atoms with Crippen molar-refractivity contribution in [3.8, 4) is 6.07 Å². The molecule has 1 amide bonds. The number of carbonyl (C=O) groups is 2. The largest absolute Gasteiger partial charge is 0.462 e. The molecule has 0 spiro atoms. The van der Waals surface area contributed by atoms with Gasteiger partial charge in [0.15, 0.2) is 0 Å². The topological polar surface area (TPSA) is 129 Å². The lowest BCUT2D eigenvalue weighted by atomic mass is 9.82. The number of carbonyl (C=O) groups excluding carboxylic acids is 2. The predicted molar refractivity (Wildman–Crippen MR) is 123 cm³/mol. The number of halogens is 2. The zero-order chi connectivity index (χ0) is 25.8. The Bertz CT molecular complexity index is 1090. The summed E-state index contributed by atoms with van der Waals surface area (Å²) in [4.78, 5) is 29.8. The molecule has 2 heterocycles. The molecule has 1 saturated carbocycles. The average Bonchev–Trinajstić information content (AvgIpc) is 2.77. The van der Waals surface area contributed by atoms with Crippen LogP contribution in [0.25, 0.3) is 0 Å². The highest BCUT2D eigenvalue weighted by Crippen LogP contribution is 2.33. The number of nitrogens with one attached hydrogen (secondary N) is 1. The first-order valence-electron chi connectivity index (χ1n) is 11.8. The van der Waals surface area contributed by atoms with E-state index < -0.39 is 45.5 Å². The van der Waals surface area contributed by atoms with Crippen molar-refractivity contribution in [2.75, 3.05) is 30.3 Å². The summed E-state index contributed by atoms with van der Waals surface area (Å²) in [5, 5.41) is 9.45. The number of pyridine rings is 1. The number of amides is 1.